The van der Waals surface area contributed by atoms with Crippen LogP contribution in [-0.4, -0.2) is 62.4 Å². The molecule has 0 aromatic carbocycles. The molecule has 1 aliphatic rings. The Hall–Kier alpha value is -3.85. The standard InChI is InChI=1S/C11H10BrN7.C11H13BrN6/c1-7-5-15-19(6-7)11-16-9(13)8(12)10(17-11)18-4-2-3-14-18;1-7-5-14-18(6-7)11-15-9(13)8(12)10(16-11)17-3-2-4-17/h2-6H,1H3,(H2,13,16,17);5-6H,2-4H2,1H3,(H2,13,15,16). The van der Waals surface area contributed by atoms with E-state index in [0.717, 1.165) is 34.5 Å². The maximum Gasteiger partial charge on any atom is 0.254 e. The van der Waals surface area contributed by atoms with Crippen LogP contribution >= 0.6 is 31.9 Å². The molecule has 190 valence electrons. The Balaban J connectivity index is 0.000000152. The van der Waals surface area contributed by atoms with Crippen molar-refractivity contribution in [3.8, 4) is 17.7 Å². The lowest BCUT2D eigenvalue weighted by Gasteiger charge is -2.32. The Morgan fingerprint density at radius 3 is 1.70 bits per heavy atom. The number of nitrogens with two attached hydrogens (primary N) is 2. The summed E-state index contributed by atoms with van der Waals surface area (Å²) in [6.07, 6.45) is 11.8. The van der Waals surface area contributed by atoms with Crippen molar-refractivity contribution < 1.29 is 0 Å². The second-order valence-corrected chi connectivity index (χ2v) is 9.89. The van der Waals surface area contributed by atoms with Gasteiger partial charge in [0.25, 0.3) is 11.9 Å². The van der Waals surface area contributed by atoms with E-state index in [9.17, 15) is 0 Å². The van der Waals surface area contributed by atoms with Gasteiger partial charge in [-0.25, -0.2) is 14.0 Å². The van der Waals surface area contributed by atoms with E-state index in [0.29, 0.717) is 33.8 Å². The third-order valence-corrected chi connectivity index (χ3v) is 6.93. The molecule has 4 N–H and O–H groups in total. The highest BCUT2D eigenvalue weighted by atomic mass is 79.9. The summed E-state index contributed by atoms with van der Waals surface area (Å²) in [5.41, 5.74) is 13.9. The monoisotopic (exact) mass is 627 g/mol. The topological polar surface area (TPSA) is 160 Å². The minimum Gasteiger partial charge on any atom is -0.383 e. The first-order chi connectivity index (χ1) is 17.8. The number of nitrogen functional groups attached to an aromatic ring is 2. The van der Waals surface area contributed by atoms with Gasteiger partial charge in [0.05, 0.1) is 12.4 Å². The molecule has 5 aromatic heterocycles. The van der Waals surface area contributed by atoms with Crippen LogP contribution in [0.5, 0.6) is 0 Å². The summed E-state index contributed by atoms with van der Waals surface area (Å²) >= 11 is 6.82. The second kappa shape index (κ2) is 10.3. The summed E-state index contributed by atoms with van der Waals surface area (Å²) in [6, 6.07) is 1.81. The third kappa shape index (κ3) is 5.17. The number of aryl methyl sites for hydroxylation is 2. The Bertz CT molecular complexity index is 1540. The molecule has 6 heterocycles. The van der Waals surface area contributed by atoms with Crippen LogP contribution < -0.4 is 16.4 Å². The molecule has 1 fully saturated rings. The first-order valence-electron chi connectivity index (χ1n) is 11.2. The average Bonchev–Trinajstić information content (AvgIpc) is 3.60. The van der Waals surface area contributed by atoms with Crippen LogP contribution in [-0.2, 0) is 0 Å². The predicted octanol–water partition coefficient (Wildman–Crippen LogP) is 3.03. The molecule has 15 heteroatoms. The zero-order valence-electron chi connectivity index (χ0n) is 20.0. The Kier molecular flexibility index (Phi) is 6.88. The van der Waals surface area contributed by atoms with E-state index in [1.54, 1.807) is 38.8 Å². The van der Waals surface area contributed by atoms with Crippen LogP contribution in [0.1, 0.15) is 17.5 Å². The van der Waals surface area contributed by atoms with Crippen molar-refractivity contribution in [1.82, 2.24) is 49.3 Å². The van der Waals surface area contributed by atoms with Gasteiger partial charge >= 0.3 is 0 Å². The smallest absolute Gasteiger partial charge is 0.254 e. The molecule has 0 atom stereocenters. The molecule has 37 heavy (non-hydrogen) atoms. The lowest BCUT2D eigenvalue weighted by Crippen LogP contribution is -2.38. The number of nitrogens with zero attached hydrogens (tertiary/aromatic N) is 11. The van der Waals surface area contributed by atoms with Crippen molar-refractivity contribution in [3.05, 3.63) is 63.3 Å². The summed E-state index contributed by atoms with van der Waals surface area (Å²) in [5, 5.41) is 12.5. The van der Waals surface area contributed by atoms with E-state index < -0.39 is 0 Å². The molecule has 0 unspecified atom stereocenters. The minimum atomic E-state index is 0.337. The average molecular weight is 629 g/mol. The van der Waals surface area contributed by atoms with E-state index in [4.69, 9.17) is 11.5 Å². The highest BCUT2D eigenvalue weighted by molar-refractivity contribution is 9.11. The maximum atomic E-state index is 5.92. The van der Waals surface area contributed by atoms with Crippen molar-refractivity contribution in [2.24, 2.45) is 0 Å². The van der Waals surface area contributed by atoms with Gasteiger partial charge in [0.1, 0.15) is 20.6 Å². The molecule has 0 bridgehead atoms. The zero-order chi connectivity index (χ0) is 26.1. The second-order valence-electron chi connectivity index (χ2n) is 8.31. The van der Waals surface area contributed by atoms with Gasteiger partial charge in [-0.3, -0.25) is 0 Å². The molecular formula is C22H23Br2N13. The summed E-state index contributed by atoms with van der Waals surface area (Å²) < 4.78 is 6.19. The molecule has 0 spiro atoms. The van der Waals surface area contributed by atoms with Crippen LogP contribution in [0.25, 0.3) is 17.7 Å². The van der Waals surface area contributed by atoms with Crippen molar-refractivity contribution in [2.45, 2.75) is 20.3 Å². The van der Waals surface area contributed by atoms with Crippen molar-refractivity contribution in [2.75, 3.05) is 29.5 Å². The molecular weight excluding hydrogens is 606 g/mol. The van der Waals surface area contributed by atoms with Gasteiger partial charge in [-0.05, 0) is 69.3 Å². The third-order valence-electron chi connectivity index (χ3n) is 5.41. The highest BCUT2D eigenvalue weighted by Gasteiger charge is 2.22. The number of halogens is 2. The number of hydrogen-bond donors (Lipinski definition) is 2. The van der Waals surface area contributed by atoms with Crippen LogP contribution in [0.4, 0.5) is 17.5 Å². The number of hydrogen-bond acceptors (Lipinski definition) is 10. The summed E-state index contributed by atoms with van der Waals surface area (Å²) in [7, 11) is 0. The van der Waals surface area contributed by atoms with Gasteiger partial charge in [0.15, 0.2) is 11.6 Å². The molecule has 6 rings (SSSR count). The summed E-state index contributed by atoms with van der Waals surface area (Å²) in [5.74, 6) is 3.10. The van der Waals surface area contributed by atoms with E-state index in [1.165, 1.54) is 6.42 Å². The van der Waals surface area contributed by atoms with Gasteiger partial charge in [0, 0.05) is 37.9 Å². The molecule has 0 amide bonds. The van der Waals surface area contributed by atoms with E-state index in [2.05, 4.69) is 72.0 Å². The van der Waals surface area contributed by atoms with Gasteiger partial charge in [-0.1, -0.05) is 0 Å². The van der Waals surface area contributed by atoms with Crippen molar-refractivity contribution in [3.63, 3.8) is 0 Å². The first-order valence-corrected chi connectivity index (χ1v) is 12.8. The summed E-state index contributed by atoms with van der Waals surface area (Å²) in [6.45, 7) is 5.93. The molecule has 1 saturated heterocycles. The molecule has 0 aliphatic carbocycles. The first kappa shape index (κ1) is 24.8. The van der Waals surface area contributed by atoms with Crippen molar-refractivity contribution >= 4 is 49.3 Å². The highest BCUT2D eigenvalue weighted by Crippen LogP contribution is 2.31. The molecule has 0 radical (unpaired) electrons. The van der Waals surface area contributed by atoms with Crippen molar-refractivity contribution in [1.29, 1.82) is 0 Å². The zero-order valence-corrected chi connectivity index (χ0v) is 23.2. The normalized spacial score (nSPS) is 12.7. The lowest BCUT2D eigenvalue weighted by molar-refractivity contribution is 0.605. The fourth-order valence-corrected chi connectivity index (χ4v) is 4.20. The van der Waals surface area contributed by atoms with Gasteiger partial charge in [-0.15, -0.1) is 0 Å². The van der Waals surface area contributed by atoms with E-state index in [-0.39, 0.29) is 0 Å². The minimum absolute atomic E-state index is 0.337. The van der Waals surface area contributed by atoms with Crippen LogP contribution in [0.15, 0.2) is 52.2 Å². The number of rotatable bonds is 4. The largest absolute Gasteiger partial charge is 0.383 e. The number of aromatic nitrogens is 10. The van der Waals surface area contributed by atoms with Gasteiger partial charge in [0.2, 0.25) is 0 Å². The number of anilines is 3. The van der Waals surface area contributed by atoms with Crippen LogP contribution in [0, 0.1) is 13.8 Å². The lowest BCUT2D eigenvalue weighted by atomic mass is 10.2. The fourth-order valence-electron chi connectivity index (χ4n) is 3.41. The Morgan fingerprint density at radius 1 is 0.730 bits per heavy atom. The van der Waals surface area contributed by atoms with Gasteiger partial charge < -0.3 is 16.4 Å². The summed E-state index contributed by atoms with van der Waals surface area (Å²) in [4.78, 5) is 19.6. The van der Waals surface area contributed by atoms with Crippen LogP contribution in [0.3, 0.4) is 0 Å². The molecule has 13 nitrogen and oxygen atoms in total. The molecule has 5 aromatic rings. The van der Waals surface area contributed by atoms with Crippen LogP contribution in [0.2, 0.25) is 0 Å². The predicted molar refractivity (Wildman–Crippen MR) is 146 cm³/mol. The van der Waals surface area contributed by atoms with E-state index in [1.807, 2.05) is 32.3 Å². The van der Waals surface area contributed by atoms with E-state index >= 15 is 0 Å². The van der Waals surface area contributed by atoms with Gasteiger partial charge in [-0.2, -0.15) is 35.2 Å². The molecule has 1 aliphatic heterocycles. The fraction of sp³-hybridized carbons (Fsp3) is 0.227. The SMILES string of the molecule is Cc1cnn(-c2nc(N)c(Br)c(-n3cccn3)n2)c1.Cc1cnn(-c2nc(N)c(Br)c(N3CCC3)n2)c1. The molecule has 0 saturated carbocycles. The quantitative estimate of drug-likeness (QED) is 0.303. The maximum absolute atomic E-state index is 5.92. The Morgan fingerprint density at radius 2 is 1.27 bits per heavy atom. The Labute approximate surface area is 228 Å².